The Hall–Kier alpha value is -1.35. The Morgan fingerprint density at radius 3 is 2.75 bits per heavy atom. The van der Waals surface area contributed by atoms with E-state index >= 15 is 0 Å². The number of hydrogen-bond acceptors (Lipinski definition) is 2. The molecule has 0 aromatic heterocycles. The third kappa shape index (κ3) is 2.59. The molecule has 108 valence electrons. The van der Waals surface area contributed by atoms with Gasteiger partial charge < -0.3 is 9.64 Å². The van der Waals surface area contributed by atoms with Gasteiger partial charge in [-0.25, -0.2) is 0 Å². The highest BCUT2D eigenvalue weighted by Gasteiger charge is 2.25. The van der Waals surface area contributed by atoms with Crippen LogP contribution in [0.2, 0.25) is 0 Å². The van der Waals surface area contributed by atoms with Crippen LogP contribution >= 0.6 is 0 Å². The fourth-order valence-corrected chi connectivity index (χ4v) is 3.47. The lowest BCUT2D eigenvalue weighted by Gasteiger charge is -2.33. The molecule has 1 fully saturated rings. The quantitative estimate of drug-likeness (QED) is 0.787. The van der Waals surface area contributed by atoms with Gasteiger partial charge in [-0.2, -0.15) is 0 Å². The highest BCUT2D eigenvalue weighted by molar-refractivity contribution is 5.92. The molecule has 0 saturated carbocycles. The summed E-state index contributed by atoms with van der Waals surface area (Å²) < 4.78 is 5.45. The molecular formula is C17H23NO2. The van der Waals surface area contributed by atoms with E-state index in [1.54, 1.807) is 6.92 Å². The largest absolute Gasteiger partial charge is 0.381 e. The second-order valence-electron chi connectivity index (χ2n) is 6.21. The van der Waals surface area contributed by atoms with Gasteiger partial charge in [0.15, 0.2) is 0 Å². The van der Waals surface area contributed by atoms with Crippen LogP contribution in [0.25, 0.3) is 0 Å². The Labute approximate surface area is 120 Å². The first-order chi connectivity index (χ1) is 9.65. The van der Waals surface area contributed by atoms with E-state index in [1.165, 1.54) is 11.1 Å². The normalized spacial score (nSPS) is 23.5. The molecule has 0 bridgehead atoms. The highest BCUT2D eigenvalue weighted by Crippen LogP contribution is 2.34. The number of anilines is 1. The Balaban J connectivity index is 1.91. The molecular weight excluding hydrogens is 250 g/mol. The molecule has 1 aromatic carbocycles. The van der Waals surface area contributed by atoms with Crippen molar-refractivity contribution in [3.8, 4) is 0 Å². The van der Waals surface area contributed by atoms with E-state index in [2.05, 4.69) is 25.1 Å². The number of fused-ring (bicyclic) bond motifs is 1. The van der Waals surface area contributed by atoms with E-state index in [-0.39, 0.29) is 5.91 Å². The van der Waals surface area contributed by atoms with Gasteiger partial charge in [-0.1, -0.05) is 19.1 Å². The minimum atomic E-state index is 0.150. The minimum absolute atomic E-state index is 0.150. The van der Waals surface area contributed by atoms with E-state index in [9.17, 15) is 4.79 Å². The summed E-state index contributed by atoms with van der Waals surface area (Å²) in [4.78, 5) is 13.7. The summed E-state index contributed by atoms with van der Waals surface area (Å²) in [6.07, 6.45) is 3.31. The molecule has 3 nitrogen and oxygen atoms in total. The lowest BCUT2D eigenvalue weighted by atomic mass is 9.86. The number of amides is 1. The third-order valence-electron chi connectivity index (χ3n) is 4.53. The summed E-state index contributed by atoms with van der Waals surface area (Å²) in [5.41, 5.74) is 3.87. The minimum Gasteiger partial charge on any atom is -0.381 e. The van der Waals surface area contributed by atoms with E-state index in [4.69, 9.17) is 4.74 Å². The van der Waals surface area contributed by atoms with Gasteiger partial charge in [0.25, 0.3) is 0 Å². The van der Waals surface area contributed by atoms with Crippen LogP contribution in [-0.2, 0) is 16.0 Å². The number of hydrogen-bond donors (Lipinski definition) is 0. The van der Waals surface area contributed by atoms with Crippen LogP contribution in [0.15, 0.2) is 18.2 Å². The van der Waals surface area contributed by atoms with Gasteiger partial charge >= 0.3 is 0 Å². The van der Waals surface area contributed by atoms with E-state index in [0.29, 0.717) is 11.8 Å². The molecule has 1 amide bonds. The summed E-state index contributed by atoms with van der Waals surface area (Å²) in [5, 5.41) is 0. The van der Waals surface area contributed by atoms with Gasteiger partial charge in [-0.3, -0.25) is 4.79 Å². The average molecular weight is 273 g/mol. The highest BCUT2D eigenvalue weighted by atomic mass is 16.5. The van der Waals surface area contributed by atoms with E-state index < -0.39 is 0 Å². The lowest BCUT2D eigenvalue weighted by Crippen LogP contribution is -2.37. The predicted octanol–water partition coefficient (Wildman–Crippen LogP) is 3.13. The standard InChI is InChI=1S/C17H23NO2/c1-12-9-16-10-15(14-5-7-20-8-6-14)3-4-17(16)18(11-12)13(2)19/h3-4,10,12,14H,5-9,11H2,1-2H3. The SMILES string of the molecule is CC(=O)N1CC(C)Cc2cc(C3CCOCC3)ccc21. The third-order valence-corrected chi connectivity index (χ3v) is 4.53. The van der Waals surface area contributed by atoms with Crippen LogP contribution in [0.5, 0.6) is 0 Å². The fraction of sp³-hybridized carbons (Fsp3) is 0.588. The number of rotatable bonds is 1. The van der Waals surface area contributed by atoms with Crippen molar-refractivity contribution in [3.05, 3.63) is 29.3 Å². The average Bonchev–Trinajstić information content (AvgIpc) is 2.46. The van der Waals surface area contributed by atoms with Crippen LogP contribution in [-0.4, -0.2) is 25.7 Å². The number of ether oxygens (including phenoxy) is 1. The zero-order valence-electron chi connectivity index (χ0n) is 12.4. The second-order valence-corrected chi connectivity index (χ2v) is 6.21. The number of benzene rings is 1. The summed E-state index contributed by atoms with van der Waals surface area (Å²) in [6, 6.07) is 6.69. The number of nitrogens with zero attached hydrogens (tertiary/aromatic N) is 1. The zero-order valence-corrected chi connectivity index (χ0v) is 12.4. The van der Waals surface area contributed by atoms with Crippen LogP contribution in [0.1, 0.15) is 43.7 Å². The first kappa shape index (κ1) is 13.6. The number of carbonyl (C=O) groups excluding carboxylic acids is 1. The second kappa shape index (κ2) is 5.57. The molecule has 1 saturated heterocycles. The van der Waals surface area contributed by atoms with Crippen molar-refractivity contribution in [3.63, 3.8) is 0 Å². The Morgan fingerprint density at radius 1 is 1.30 bits per heavy atom. The maximum atomic E-state index is 11.8. The molecule has 0 aliphatic carbocycles. The van der Waals surface area contributed by atoms with Crippen LogP contribution in [0, 0.1) is 5.92 Å². The van der Waals surface area contributed by atoms with Gasteiger partial charge in [0.2, 0.25) is 5.91 Å². The summed E-state index contributed by atoms with van der Waals surface area (Å²) in [6.45, 7) is 6.47. The lowest BCUT2D eigenvalue weighted by molar-refractivity contribution is -0.116. The van der Waals surface area contributed by atoms with Crippen molar-refractivity contribution in [1.29, 1.82) is 0 Å². The monoisotopic (exact) mass is 273 g/mol. The molecule has 2 aliphatic heterocycles. The van der Waals surface area contributed by atoms with Crippen LogP contribution in [0.3, 0.4) is 0 Å². The molecule has 0 spiro atoms. The fourth-order valence-electron chi connectivity index (χ4n) is 3.47. The summed E-state index contributed by atoms with van der Waals surface area (Å²) >= 11 is 0. The summed E-state index contributed by atoms with van der Waals surface area (Å²) in [5.74, 6) is 1.31. The summed E-state index contributed by atoms with van der Waals surface area (Å²) in [7, 11) is 0. The van der Waals surface area contributed by atoms with Gasteiger partial charge in [0, 0.05) is 32.4 Å². The molecule has 3 heteroatoms. The van der Waals surface area contributed by atoms with Crippen molar-refractivity contribution in [1.82, 2.24) is 0 Å². The first-order valence-corrected chi connectivity index (χ1v) is 7.64. The van der Waals surface area contributed by atoms with Crippen LogP contribution in [0.4, 0.5) is 5.69 Å². The van der Waals surface area contributed by atoms with Crippen molar-refractivity contribution in [2.75, 3.05) is 24.7 Å². The van der Waals surface area contributed by atoms with E-state index in [1.807, 2.05) is 4.90 Å². The molecule has 3 rings (SSSR count). The van der Waals surface area contributed by atoms with Crippen molar-refractivity contribution in [2.45, 2.75) is 39.0 Å². The molecule has 2 aliphatic rings. The van der Waals surface area contributed by atoms with Gasteiger partial charge in [-0.15, -0.1) is 0 Å². The Kier molecular flexibility index (Phi) is 3.79. The molecule has 20 heavy (non-hydrogen) atoms. The molecule has 1 aromatic rings. The molecule has 2 heterocycles. The Bertz CT molecular complexity index is 506. The zero-order chi connectivity index (χ0) is 14.1. The number of carbonyl (C=O) groups is 1. The topological polar surface area (TPSA) is 29.5 Å². The van der Waals surface area contributed by atoms with Crippen molar-refractivity contribution in [2.24, 2.45) is 5.92 Å². The molecule has 1 unspecified atom stereocenters. The molecule has 0 radical (unpaired) electrons. The Morgan fingerprint density at radius 2 is 2.05 bits per heavy atom. The molecule has 1 atom stereocenters. The van der Waals surface area contributed by atoms with E-state index in [0.717, 1.165) is 44.7 Å². The van der Waals surface area contributed by atoms with Gasteiger partial charge in [0.05, 0.1) is 0 Å². The maximum Gasteiger partial charge on any atom is 0.223 e. The van der Waals surface area contributed by atoms with Crippen molar-refractivity contribution < 1.29 is 9.53 Å². The molecule has 0 N–H and O–H groups in total. The van der Waals surface area contributed by atoms with Crippen LogP contribution < -0.4 is 4.90 Å². The maximum absolute atomic E-state index is 11.8. The van der Waals surface area contributed by atoms with Gasteiger partial charge in [0.1, 0.15) is 0 Å². The van der Waals surface area contributed by atoms with Crippen molar-refractivity contribution >= 4 is 11.6 Å². The smallest absolute Gasteiger partial charge is 0.223 e. The van der Waals surface area contributed by atoms with Gasteiger partial charge in [-0.05, 0) is 48.3 Å². The first-order valence-electron chi connectivity index (χ1n) is 7.64. The predicted molar refractivity (Wildman–Crippen MR) is 80.1 cm³/mol.